The van der Waals surface area contributed by atoms with Crippen LogP contribution in [0.4, 0.5) is 0 Å². The van der Waals surface area contributed by atoms with Crippen molar-refractivity contribution in [1.29, 1.82) is 0 Å². The lowest BCUT2D eigenvalue weighted by Crippen LogP contribution is -2.36. The van der Waals surface area contributed by atoms with Crippen LogP contribution in [0, 0.1) is 0 Å². The molecule has 0 aliphatic rings. The molecule has 0 saturated heterocycles. The van der Waals surface area contributed by atoms with E-state index < -0.39 is 6.10 Å². The third-order valence-electron chi connectivity index (χ3n) is 3.62. The first-order chi connectivity index (χ1) is 11.9. The van der Waals surface area contributed by atoms with E-state index in [2.05, 4.69) is 16.3 Å². The van der Waals surface area contributed by atoms with Gasteiger partial charge in [0.05, 0.1) is 5.02 Å². The average Bonchev–Trinajstić information content (AvgIpc) is 2.55. The number of carbonyl (C=O) groups excluding carboxylic acids is 1. The number of nitrogens with one attached hydrogen (secondary N) is 1. The normalized spacial score (nSPS) is 12.1. The van der Waals surface area contributed by atoms with Crippen molar-refractivity contribution in [2.45, 2.75) is 26.1 Å². The lowest BCUT2D eigenvalue weighted by atomic mass is 10.1. The fourth-order valence-corrected chi connectivity index (χ4v) is 2.82. The molecule has 0 unspecified atom stereocenters. The van der Waals surface area contributed by atoms with E-state index in [9.17, 15) is 4.79 Å². The number of amides is 1. The van der Waals surface area contributed by atoms with Crippen LogP contribution in [-0.4, -0.2) is 31.0 Å². The number of rotatable bonds is 7. The van der Waals surface area contributed by atoms with Gasteiger partial charge in [-0.2, -0.15) is 0 Å². The molecule has 0 heterocycles. The molecule has 1 atom stereocenters. The molecule has 0 aromatic heterocycles. The number of ether oxygens (including phenoxy) is 1. The lowest BCUT2D eigenvalue weighted by molar-refractivity contribution is -0.127. The van der Waals surface area contributed by atoms with Gasteiger partial charge in [0.2, 0.25) is 0 Å². The van der Waals surface area contributed by atoms with Gasteiger partial charge in [-0.15, -0.1) is 0 Å². The monoisotopic (exact) mass is 380 g/mol. The summed E-state index contributed by atoms with van der Waals surface area (Å²) in [4.78, 5) is 14.4. The van der Waals surface area contributed by atoms with E-state index in [1.54, 1.807) is 25.1 Å². The van der Waals surface area contributed by atoms with Crippen LogP contribution in [0.3, 0.4) is 0 Å². The van der Waals surface area contributed by atoms with Gasteiger partial charge < -0.3 is 15.0 Å². The molecule has 2 aromatic rings. The van der Waals surface area contributed by atoms with Gasteiger partial charge in [-0.1, -0.05) is 47.5 Å². The van der Waals surface area contributed by atoms with Crippen molar-refractivity contribution in [2.24, 2.45) is 0 Å². The zero-order valence-electron chi connectivity index (χ0n) is 14.6. The lowest BCUT2D eigenvalue weighted by Gasteiger charge is -2.17. The highest BCUT2D eigenvalue weighted by molar-refractivity contribution is 6.35. The van der Waals surface area contributed by atoms with Crippen LogP contribution in [0.2, 0.25) is 10.0 Å². The fraction of sp³-hybridized carbons (Fsp3) is 0.316. The molecule has 0 spiro atoms. The Hall–Kier alpha value is -1.75. The Morgan fingerprint density at radius 2 is 1.84 bits per heavy atom. The number of carbonyl (C=O) groups is 1. The molecular weight excluding hydrogens is 359 g/mol. The van der Waals surface area contributed by atoms with Crippen molar-refractivity contribution in [3.05, 3.63) is 63.6 Å². The molecule has 1 N–H and O–H groups in total. The summed E-state index contributed by atoms with van der Waals surface area (Å²) in [5, 5.41) is 3.81. The summed E-state index contributed by atoms with van der Waals surface area (Å²) in [6.45, 7) is 2.95. The van der Waals surface area contributed by atoms with Gasteiger partial charge in [-0.3, -0.25) is 4.79 Å². The Morgan fingerprint density at radius 3 is 2.48 bits per heavy atom. The first-order valence-electron chi connectivity index (χ1n) is 7.97. The van der Waals surface area contributed by atoms with Gasteiger partial charge in [0.15, 0.2) is 6.10 Å². The highest BCUT2D eigenvalue weighted by atomic mass is 35.5. The zero-order chi connectivity index (χ0) is 18.4. The van der Waals surface area contributed by atoms with Gasteiger partial charge in [-0.05, 0) is 50.3 Å². The van der Waals surface area contributed by atoms with Crippen molar-refractivity contribution in [3.63, 3.8) is 0 Å². The largest absolute Gasteiger partial charge is 0.479 e. The minimum atomic E-state index is -0.667. The highest BCUT2D eigenvalue weighted by Crippen LogP contribution is 2.28. The van der Waals surface area contributed by atoms with Crippen LogP contribution in [0.15, 0.2) is 42.5 Å². The van der Waals surface area contributed by atoms with Crippen LogP contribution >= 0.6 is 23.2 Å². The number of halogens is 2. The molecule has 4 nitrogen and oxygen atoms in total. The summed E-state index contributed by atoms with van der Waals surface area (Å²) in [7, 11) is 4.03. The molecule has 0 bridgehead atoms. The second-order valence-corrected chi connectivity index (χ2v) is 6.90. The minimum absolute atomic E-state index is 0.203. The maximum absolute atomic E-state index is 12.3. The van der Waals surface area contributed by atoms with E-state index in [1.807, 2.05) is 32.3 Å². The van der Waals surface area contributed by atoms with Crippen LogP contribution in [0.5, 0.6) is 5.75 Å². The van der Waals surface area contributed by atoms with E-state index in [4.69, 9.17) is 27.9 Å². The topological polar surface area (TPSA) is 41.6 Å². The average molecular weight is 381 g/mol. The van der Waals surface area contributed by atoms with Crippen LogP contribution in [-0.2, 0) is 17.9 Å². The summed E-state index contributed by atoms with van der Waals surface area (Å²) >= 11 is 11.9. The Kier molecular flexibility index (Phi) is 7.12. The molecule has 0 radical (unpaired) electrons. The Labute approximate surface area is 158 Å². The van der Waals surface area contributed by atoms with Gasteiger partial charge in [0.1, 0.15) is 5.75 Å². The number of hydrogen-bond donors (Lipinski definition) is 1. The summed E-state index contributed by atoms with van der Waals surface area (Å²) in [6.07, 6.45) is -0.667. The third kappa shape index (κ3) is 5.92. The molecule has 0 aliphatic carbocycles. The molecule has 0 saturated carbocycles. The zero-order valence-corrected chi connectivity index (χ0v) is 16.1. The van der Waals surface area contributed by atoms with E-state index in [0.717, 1.165) is 12.1 Å². The third-order valence-corrected chi connectivity index (χ3v) is 4.16. The predicted octanol–water partition coefficient (Wildman–Crippen LogP) is 4.14. The van der Waals surface area contributed by atoms with Gasteiger partial charge in [0.25, 0.3) is 5.91 Å². The van der Waals surface area contributed by atoms with Crippen molar-refractivity contribution < 1.29 is 9.53 Å². The Morgan fingerprint density at radius 1 is 1.16 bits per heavy atom. The van der Waals surface area contributed by atoms with Gasteiger partial charge in [-0.25, -0.2) is 0 Å². The number of benzene rings is 2. The molecule has 6 heteroatoms. The standard InChI is InChI=1S/C19H22Cl2N2O2/c1-13(25-18-9-8-16(20)10-17(18)21)19(24)22-11-14-6-4-5-7-15(14)12-23(2)3/h4-10,13H,11-12H2,1-3H3,(H,22,24)/t13-/m0/s1. The predicted molar refractivity (Wildman–Crippen MR) is 102 cm³/mol. The van der Waals surface area contributed by atoms with Crippen LogP contribution in [0.1, 0.15) is 18.1 Å². The first kappa shape index (κ1) is 19.6. The smallest absolute Gasteiger partial charge is 0.261 e. The summed E-state index contributed by atoms with van der Waals surface area (Å²) < 4.78 is 5.63. The van der Waals surface area contributed by atoms with E-state index in [0.29, 0.717) is 22.3 Å². The molecule has 0 fully saturated rings. The summed E-state index contributed by atoms with van der Waals surface area (Å²) in [5.74, 6) is 0.229. The quantitative estimate of drug-likeness (QED) is 0.784. The maximum Gasteiger partial charge on any atom is 0.261 e. The second-order valence-electron chi connectivity index (χ2n) is 6.06. The van der Waals surface area contributed by atoms with Crippen LogP contribution < -0.4 is 10.1 Å². The highest BCUT2D eigenvalue weighted by Gasteiger charge is 2.16. The Balaban J connectivity index is 1.96. The van der Waals surface area contributed by atoms with Gasteiger partial charge >= 0.3 is 0 Å². The van der Waals surface area contributed by atoms with Crippen molar-refractivity contribution >= 4 is 29.1 Å². The first-order valence-corrected chi connectivity index (χ1v) is 8.73. The van der Waals surface area contributed by atoms with E-state index in [-0.39, 0.29) is 5.91 Å². The van der Waals surface area contributed by atoms with E-state index >= 15 is 0 Å². The van der Waals surface area contributed by atoms with Crippen molar-refractivity contribution in [2.75, 3.05) is 14.1 Å². The number of nitrogens with zero attached hydrogens (tertiary/aromatic N) is 1. The SMILES string of the molecule is C[C@H](Oc1ccc(Cl)cc1Cl)C(=O)NCc1ccccc1CN(C)C. The minimum Gasteiger partial charge on any atom is -0.479 e. The second kappa shape index (κ2) is 9.09. The molecule has 25 heavy (non-hydrogen) atoms. The van der Waals surface area contributed by atoms with Crippen molar-refractivity contribution in [1.82, 2.24) is 10.2 Å². The fourth-order valence-electron chi connectivity index (χ4n) is 2.37. The summed E-state index contributed by atoms with van der Waals surface area (Å²) in [5.41, 5.74) is 2.27. The molecule has 1 amide bonds. The molecule has 2 rings (SSSR count). The number of hydrogen-bond acceptors (Lipinski definition) is 3. The van der Waals surface area contributed by atoms with E-state index in [1.165, 1.54) is 5.56 Å². The molecule has 2 aromatic carbocycles. The maximum atomic E-state index is 12.3. The van der Waals surface area contributed by atoms with Crippen molar-refractivity contribution in [3.8, 4) is 5.75 Å². The molecule has 134 valence electrons. The Bertz CT molecular complexity index is 735. The molecule has 0 aliphatic heterocycles. The molecular formula is C19H22Cl2N2O2. The van der Waals surface area contributed by atoms with Crippen LogP contribution in [0.25, 0.3) is 0 Å². The summed E-state index contributed by atoms with van der Waals surface area (Å²) in [6, 6.07) is 13.0. The van der Waals surface area contributed by atoms with Gasteiger partial charge in [0, 0.05) is 18.1 Å².